The zero-order chi connectivity index (χ0) is 18.6. The first-order valence-electron chi connectivity index (χ1n) is 7.20. The molecule has 25 heavy (non-hydrogen) atoms. The molecule has 0 aliphatic carbocycles. The van der Waals surface area contributed by atoms with Gasteiger partial charge in [-0.2, -0.15) is 0 Å². The number of aromatic hydroxyl groups is 1. The normalized spacial score (nSPS) is 11.7. The van der Waals surface area contributed by atoms with Gasteiger partial charge in [-0.25, -0.2) is 0 Å². The summed E-state index contributed by atoms with van der Waals surface area (Å²) < 4.78 is 15.8. The van der Waals surface area contributed by atoms with Crippen LogP contribution < -0.4 is 9.47 Å². The van der Waals surface area contributed by atoms with E-state index in [1.165, 1.54) is 38.7 Å². The number of rotatable bonds is 7. The summed E-state index contributed by atoms with van der Waals surface area (Å²) in [6.45, 7) is 7.20. The molecule has 0 radical (unpaired) electrons. The Bertz CT molecular complexity index is 902. The van der Waals surface area contributed by atoms with Crippen LogP contribution in [-0.4, -0.2) is 25.1 Å². The zero-order valence-corrected chi connectivity index (χ0v) is 14.6. The largest absolute Gasteiger partial charge is 0.504 e. The van der Waals surface area contributed by atoms with Gasteiger partial charge in [0.25, 0.3) is 0 Å². The molecule has 0 aliphatic rings. The van der Waals surface area contributed by atoms with Crippen LogP contribution in [0.4, 0.5) is 0 Å². The number of halogens is 1. The number of benzene rings is 1. The van der Waals surface area contributed by atoms with Crippen LogP contribution in [0.25, 0.3) is 11.0 Å². The summed E-state index contributed by atoms with van der Waals surface area (Å²) in [5.74, 6) is -0.615. The van der Waals surface area contributed by atoms with Gasteiger partial charge < -0.3 is 19.0 Å². The minimum absolute atomic E-state index is 0.0392. The Kier molecular flexibility index (Phi) is 5.72. The molecule has 0 aliphatic heterocycles. The number of carbonyl (C=O) groups excluding carboxylic acids is 1. The fourth-order valence-corrected chi connectivity index (χ4v) is 2.50. The zero-order valence-electron chi connectivity index (χ0n) is 13.8. The van der Waals surface area contributed by atoms with Crippen molar-refractivity contribution in [1.82, 2.24) is 0 Å². The number of allylic oxidation sites excluding steroid dienone is 6. The third kappa shape index (κ3) is 3.46. The Morgan fingerprint density at radius 3 is 2.52 bits per heavy atom. The van der Waals surface area contributed by atoms with Crippen LogP contribution in [-0.2, 0) is 0 Å². The van der Waals surface area contributed by atoms with Gasteiger partial charge in [-0.1, -0.05) is 36.9 Å². The van der Waals surface area contributed by atoms with E-state index in [0.29, 0.717) is 16.5 Å². The van der Waals surface area contributed by atoms with Crippen molar-refractivity contribution in [1.29, 1.82) is 0 Å². The van der Waals surface area contributed by atoms with E-state index in [1.807, 2.05) is 0 Å². The first-order valence-corrected chi connectivity index (χ1v) is 7.58. The number of ether oxygens (including phenoxy) is 2. The maximum Gasteiger partial charge on any atom is 0.205 e. The highest BCUT2D eigenvalue weighted by Crippen LogP contribution is 2.45. The second kappa shape index (κ2) is 7.77. The minimum atomic E-state index is -0.497. The molecule has 130 valence electrons. The summed E-state index contributed by atoms with van der Waals surface area (Å²) in [5.41, 5.74) is 0.765. The predicted molar refractivity (Wildman–Crippen MR) is 97.7 cm³/mol. The van der Waals surface area contributed by atoms with Crippen molar-refractivity contribution >= 4 is 28.4 Å². The van der Waals surface area contributed by atoms with E-state index in [4.69, 9.17) is 25.5 Å². The standard InChI is InChI=1S/C19H17ClO5/c1-5-6-12(11(2)20)7-8-14(21)15-16(22)19(24-4)18-13(9-10-25-18)17(15)23-3/h5-10,22H,1-2H2,3-4H3/b8-7+,12-6-. The van der Waals surface area contributed by atoms with Crippen molar-refractivity contribution in [2.24, 2.45) is 0 Å². The van der Waals surface area contributed by atoms with Crippen molar-refractivity contribution in [3.05, 3.63) is 66.0 Å². The molecule has 0 fully saturated rings. The number of ketones is 1. The van der Waals surface area contributed by atoms with Gasteiger partial charge in [0.2, 0.25) is 5.75 Å². The van der Waals surface area contributed by atoms with Gasteiger partial charge >= 0.3 is 0 Å². The maximum absolute atomic E-state index is 12.7. The summed E-state index contributed by atoms with van der Waals surface area (Å²) in [5, 5.41) is 11.2. The topological polar surface area (TPSA) is 68.9 Å². The summed E-state index contributed by atoms with van der Waals surface area (Å²) in [6, 6.07) is 1.63. The van der Waals surface area contributed by atoms with Crippen LogP contribution in [0.15, 0.2) is 64.8 Å². The van der Waals surface area contributed by atoms with Crippen LogP contribution in [0.2, 0.25) is 0 Å². The summed E-state index contributed by atoms with van der Waals surface area (Å²) in [7, 11) is 2.77. The Labute approximate surface area is 150 Å². The van der Waals surface area contributed by atoms with E-state index in [-0.39, 0.29) is 27.8 Å². The quantitative estimate of drug-likeness (QED) is 0.438. The molecular weight excluding hydrogens is 344 g/mol. The molecule has 0 saturated heterocycles. The van der Waals surface area contributed by atoms with Crippen LogP contribution in [0, 0.1) is 0 Å². The van der Waals surface area contributed by atoms with Gasteiger partial charge in [0, 0.05) is 5.03 Å². The SMILES string of the molecule is C=C/C=C(/C=C/C(=O)c1c(O)c(OC)c2occc2c1OC)C(=C)Cl. The number of furan rings is 1. The fraction of sp³-hybridized carbons (Fsp3) is 0.105. The lowest BCUT2D eigenvalue weighted by atomic mass is 10.0. The van der Waals surface area contributed by atoms with Crippen molar-refractivity contribution < 1.29 is 23.8 Å². The van der Waals surface area contributed by atoms with Crippen molar-refractivity contribution in [2.75, 3.05) is 14.2 Å². The molecule has 2 rings (SSSR count). The van der Waals surface area contributed by atoms with E-state index in [0.717, 1.165) is 0 Å². The average molecular weight is 361 g/mol. The lowest BCUT2D eigenvalue weighted by molar-refractivity contribution is 0.104. The van der Waals surface area contributed by atoms with Gasteiger partial charge in [-0.15, -0.1) is 0 Å². The second-order valence-corrected chi connectivity index (χ2v) is 5.37. The van der Waals surface area contributed by atoms with Gasteiger partial charge in [0.15, 0.2) is 17.1 Å². The molecular formula is C19H17ClO5. The van der Waals surface area contributed by atoms with E-state index >= 15 is 0 Å². The number of hydrogen-bond acceptors (Lipinski definition) is 5. The molecule has 1 aromatic carbocycles. The smallest absolute Gasteiger partial charge is 0.205 e. The molecule has 2 aromatic rings. The summed E-state index contributed by atoms with van der Waals surface area (Å²) in [4.78, 5) is 12.7. The Balaban J connectivity index is 2.61. The fourth-order valence-electron chi connectivity index (χ4n) is 2.37. The van der Waals surface area contributed by atoms with E-state index < -0.39 is 5.78 Å². The molecule has 0 spiro atoms. The second-order valence-electron chi connectivity index (χ2n) is 4.91. The minimum Gasteiger partial charge on any atom is -0.504 e. The van der Waals surface area contributed by atoms with Gasteiger partial charge in [-0.05, 0) is 23.8 Å². The van der Waals surface area contributed by atoms with E-state index in [2.05, 4.69) is 13.2 Å². The highest BCUT2D eigenvalue weighted by atomic mass is 35.5. The van der Waals surface area contributed by atoms with Gasteiger partial charge in [-0.3, -0.25) is 4.79 Å². The van der Waals surface area contributed by atoms with Crippen LogP contribution in [0.5, 0.6) is 17.2 Å². The third-order valence-electron chi connectivity index (χ3n) is 3.47. The first kappa shape index (κ1) is 18.4. The summed E-state index contributed by atoms with van der Waals surface area (Å²) >= 11 is 5.87. The Morgan fingerprint density at radius 1 is 1.28 bits per heavy atom. The third-order valence-corrected chi connectivity index (χ3v) is 3.69. The number of methoxy groups -OCH3 is 2. The molecule has 1 heterocycles. The average Bonchev–Trinajstić information content (AvgIpc) is 3.06. The molecule has 1 aromatic heterocycles. The first-order chi connectivity index (χ1) is 12.0. The molecule has 0 saturated carbocycles. The Hall–Kier alpha value is -2.92. The Morgan fingerprint density at radius 2 is 1.96 bits per heavy atom. The van der Waals surface area contributed by atoms with Crippen molar-refractivity contribution in [3.8, 4) is 17.2 Å². The molecule has 0 atom stereocenters. The van der Waals surface area contributed by atoms with E-state index in [1.54, 1.807) is 12.1 Å². The molecule has 6 heteroatoms. The summed E-state index contributed by atoms with van der Waals surface area (Å²) in [6.07, 6.45) is 7.28. The molecule has 0 bridgehead atoms. The van der Waals surface area contributed by atoms with E-state index in [9.17, 15) is 9.90 Å². The predicted octanol–water partition coefficient (Wildman–Crippen LogP) is 4.76. The van der Waals surface area contributed by atoms with Crippen molar-refractivity contribution in [2.45, 2.75) is 0 Å². The van der Waals surface area contributed by atoms with Crippen LogP contribution in [0.1, 0.15) is 10.4 Å². The number of hydrogen-bond donors (Lipinski definition) is 1. The number of carbonyl (C=O) groups is 1. The van der Waals surface area contributed by atoms with Crippen molar-refractivity contribution in [3.63, 3.8) is 0 Å². The van der Waals surface area contributed by atoms with Gasteiger partial charge in [0.1, 0.15) is 11.3 Å². The number of phenolic OH excluding ortho intramolecular Hbond substituents is 1. The highest BCUT2D eigenvalue weighted by Gasteiger charge is 2.26. The van der Waals surface area contributed by atoms with Gasteiger partial charge in [0.05, 0.1) is 25.9 Å². The molecule has 0 amide bonds. The maximum atomic E-state index is 12.7. The lowest BCUT2D eigenvalue weighted by Gasteiger charge is -2.13. The van der Waals surface area contributed by atoms with Crippen LogP contribution in [0.3, 0.4) is 0 Å². The molecule has 1 N–H and O–H groups in total. The number of phenols is 1. The monoisotopic (exact) mass is 360 g/mol. The van der Waals surface area contributed by atoms with Crippen LogP contribution >= 0.6 is 11.6 Å². The number of fused-ring (bicyclic) bond motifs is 1. The molecule has 0 unspecified atom stereocenters. The highest BCUT2D eigenvalue weighted by molar-refractivity contribution is 6.32. The lowest BCUT2D eigenvalue weighted by Crippen LogP contribution is -2.02. The molecule has 5 nitrogen and oxygen atoms in total.